The quantitative estimate of drug-likeness (QED) is 0.779. The molecule has 5 heteroatoms. The van der Waals surface area contributed by atoms with E-state index in [1.807, 2.05) is 0 Å². The van der Waals surface area contributed by atoms with E-state index in [-0.39, 0.29) is 0 Å². The van der Waals surface area contributed by atoms with Gasteiger partial charge in [0.05, 0.1) is 0 Å². The Hall–Kier alpha value is -0.650. The van der Waals surface area contributed by atoms with Crippen LogP contribution in [0.2, 0.25) is 0 Å². The van der Waals surface area contributed by atoms with Crippen molar-refractivity contribution in [2.45, 2.75) is 56.7 Å². The van der Waals surface area contributed by atoms with Crippen molar-refractivity contribution in [3.63, 3.8) is 0 Å². The Morgan fingerprint density at radius 3 is 2.50 bits per heavy atom. The average molecular weight is 281 g/mol. The zero-order valence-electron chi connectivity index (χ0n) is 12.5. The fraction of sp³-hybridized carbons (Fsp3) is 0.933. The predicted molar refractivity (Wildman–Crippen MR) is 77.9 cm³/mol. The van der Waals surface area contributed by atoms with Gasteiger partial charge in [0, 0.05) is 38.3 Å². The lowest BCUT2D eigenvalue weighted by Gasteiger charge is -2.38. The minimum Gasteiger partial charge on any atom is -0.480 e. The number of carboxylic acid groups (broad SMARTS) is 1. The van der Waals surface area contributed by atoms with E-state index in [2.05, 4.69) is 22.0 Å². The number of nitrogens with one attached hydrogen (secondary N) is 1. The van der Waals surface area contributed by atoms with Gasteiger partial charge < -0.3 is 10.0 Å². The van der Waals surface area contributed by atoms with Crippen LogP contribution in [0.5, 0.6) is 0 Å². The van der Waals surface area contributed by atoms with E-state index in [4.69, 9.17) is 0 Å². The lowest BCUT2D eigenvalue weighted by molar-refractivity contribution is -0.145. The maximum absolute atomic E-state index is 11.7. The van der Waals surface area contributed by atoms with Gasteiger partial charge in [-0.2, -0.15) is 0 Å². The van der Waals surface area contributed by atoms with Crippen molar-refractivity contribution in [2.24, 2.45) is 0 Å². The average Bonchev–Trinajstić information content (AvgIpc) is 3.15. The molecule has 0 aromatic heterocycles. The van der Waals surface area contributed by atoms with E-state index in [0.717, 1.165) is 64.8 Å². The van der Waals surface area contributed by atoms with Crippen molar-refractivity contribution in [1.29, 1.82) is 0 Å². The van der Waals surface area contributed by atoms with Crippen molar-refractivity contribution in [3.8, 4) is 0 Å². The lowest BCUT2D eigenvalue weighted by atomic mass is 9.97. The van der Waals surface area contributed by atoms with E-state index in [0.29, 0.717) is 12.1 Å². The second kappa shape index (κ2) is 5.62. The first-order chi connectivity index (χ1) is 9.63. The molecule has 2 N–H and O–H groups in total. The number of aliphatic carboxylic acids is 1. The fourth-order valence-electron chi connectivity index (χ4n) is 3.78. The van der Waals surface area contributed by atoms with Crippen LogP contribution in [0.15, 0.2) is 0 Å². The summed E-state index contributed by atoms with van der Waals surface area (Å²) in [5.41, 5.74) is -0.645. The molecule has 20 heavy (non-hydrogen) atoms. The molecule has 114 valence electrons. The smallest absolute Gasteiger partial charge is 0.323 e. The topological polar surface area (TPSA) is 55.8 Å². The lowest BCUT2D eigenvalue weighted by Crippen LogP contribution is -2.54. The molecule has 0 aromatic carbocycles. The number of carbonyl (C=O) groups is 1. The molecule has 3 aliphatic rings. The van der Waals surface area contributed by atoms with Gasteiger partial charge in [-0.3, -0.25) is 15.0 Å². The molecule has 5 nitrogen and oxygen atoms in total. The standard InChI is InChI=1S/C15H27N3O2/c1-2-17-7-9-18(10-8-17)13-5-6-15(11-13,14(19)20)16-12-3-4-12/h12-13,16H,2-11H2,1H3,(H,19,20). The van der Waals surface area contributed by atoms with Gasteiger partial charge in [-0.1, -0.05) is 6.92 Å². The van der Waals surface area contributed by atoms with Crippen LogP contribution in [0.4, 0.5) is 0 Å². The molecule has 0 spiro atoms. The summed E-state index contributed by atoms with van der Waals surface area (Å²) < 4.78 is 0. The number of carboxylic acids is 1. The minimum absolute atomic E-state index is 0.455. The van der Waals surface area contributed by atoms with Gasteiger partial charge in [0.2, 0.25) is 0 Å². The molecule has 1 aliphatic heterocycles. The van der Waals surface area contributed by atoms with Crippen LogP contribution in [0, 0.1) is 0 Å². The molecule has 2 saturated carbocycles. The van der Waals surface area contributed by atoms with Crippen LogP contribution < -0.4 is 5.32 Å². The van der Waals surface area contributed by atoms with E-state index in [1.165, 1.54) is 0 Å². The summed E-state index contributed by atoms with van der Waals surface area (Å²) in [6, 6.07) is 0.915. The summed E-state index contributed by atoms with van der Waals surface area (Å²) in [7, 11) is 0. The molecule has 2 unspecified atom stereocenters. The molecule has 0 bridgehead atoms. The number of rotatable bonds is 5. The minimum atomic E-state index is -0.645. The molecule has 0 aromatic rings. The van der Waals surface area contributed by atoms with Crippen LogP contribution >= 0.6 is 0 Å². The highest BCUT2D eigenvalue weighted by atomic mass is 16.4. The van der Waals surface area contributed by atoms with Gasteiger partial charge in [0.15, 0.2) is 0 Å². The summed E-state index contributed by atoms with van der Waals surface area (Å²) >= 11 is 0. The first-order valence-corrected chi connectivity index (χ1v) is 8.10. The van der Waals surface area contributed by atoms with Crippen LogP contribution in [0.1, 0.15) is 39.0 Å². The Balaban J connectivity index is 1.58. The highest BCUT2D eigenvalue weighted by Crippen LogP contribution is 2.36. The van der Waals surface area contributed by atoms with E-state index >= 15 is 0 Å². The molecule has 3 fully saturated rings. The van der Waals surface area contributed by atoms with Crippen molar-refractivity contribution >= 4 is 5.97 Å². The maximum Gasteiger partial charge on any atom is 0.323 e. The van der Waals surface area contributed by atoms with Crippen molar-refractivity contribution in [1.82, 2.24) is 15.1 Å². The summed E-state index contributed by atoms with van der Waals surface area (Å²) in [6.45, 7) is 7.78. The third-order valence-electron chi connectivity index (χ3n) is 5.33. The number of piperazine rings is 1. The summed E-state index contributed by atoms with van der Waals surface area (Å²) in [6.07, 6.45) is 4.89. The Morgan fingerprint density at radius 2 is 1.95 bits per heavy atom. The van der Waals surface area contributed by atoms with Gasteiger partial charge >= 0.3 is 5.97 Å². The van der Waals surface area contributed by atoms with Crippen LogP contribution in [0.25, 0.3) is 0 Å². The Kier molecular flexibility index (Phi) is 4.02. The van der Waals surface area contributed by atoms with Crippen LogP contribution in [-0.4, -0.2) is 71.2 Å². The third-order valence-corrected chi connectivity index (χ3v) is 5.33. The van der Waals surface area contributed by atoms with E-state index < -0.39 is 11.5 Å². The Morgan fingerprint density at radius 1 is 1.25 bits per heavy atom. The first kappa shape index (κ1) is 14.3. The van der Waals surface area contributed by atoms with Crippen molar-refractivity contribution in [2.75, 3.05) is 32.7 Å². The molecule has 0 radical (unpaired) electrons. The Bertz CT molecular complexity index is 364. The molecule has 1 saturated heterocycles. The summed E-state index contributed by atoms with van der Waals surface area (Å²) in [5, 5.41) is 13.1. The molecule has 1 heterocycles. The Labute approximate surface area is 121 Å². The highest BCUT2D eigenvalue weighted by molar-refractivity contribution is 5.79. The summed E-state index contributed by atoms with van der Waals surface area (Å²) in [5.74, 6) is -0.640. The largest absolute Gasteiger partial charge is 0.480 e. The zero-order chi connectivity index (χ0) is 14.2. The van der Waals surface area contributed by atoms with E-state index in [9.17, 15) is 9.90 Å². The zero-order valence-corrected chi connectivity index (χ0v) is 12.5. The number of nitrogens with zero attached hydrogens (tertiary/aromatic N) is 2. The van der Waals surface area contributed by atoms with Gasteiger partial charge in [-0.25, -0.2) is 0 Å². The monoisotopic (exact) mass is 281 g/mol. The number of hydrogen-bond acceptors (Lipinski definition) is 4. The molecule has 2 atom stereocenters. The number of likely N-dealkylation sites (N-methyl/N-ethyl adjacent to an activating group) is 1. The molecule has 0 amide bonds. The second-order valence-electron chi connectivity index (χ2n) is 6.67. The van der Waals surface area contributed by atoms with Crippen molar-refractivity contribution < 1.29 is 9.90 Å². The molecule has 3 rings (SSSR count). The maximum atomic E-state index is 11.7. The third kappa shape index (κ3) is 2.85. The SMILES string of the molecule is CCN1CCN(C2CCC(NC3CC3)(C(=O)O)C2)CC1. The van der Waals surface area contributed by atoms with Crippen molar-refractivity contribution in [3.05, 3.63) is 0 Å². The predicted octanol–water partition coefficient (Wildman–Crippen LogP) is 0.752. The molecule has 2 aliphatic carbocycles. The summed E-state index contributed by atoms with van der Waals surface area (Å²) in [4.78, 5) is 16.7. The van der Waals surface area contributed by atoms with Gasteiger partial charge in [0.1, 0.15) is 5.54 Å². The molecular weight excluding hydrogens is 254 g/mol. The van der Waals surface area contributed by atoms with Crippen LogP contribution in [-0.2, 0) is 4.79 Å². The first-order valence-electron chi connectivity index (χ1n) is 8.10. The fourth-order valence-corrected chi connectivity index (χ4v) is 3.78. The van der Waals surface area contributed by atoms with Gasteiger partial charge in [-0.15, -0.1) is 0 Å². The number of hydrogen-bond donors (Lipinski definition) is 2. The highest BCUT2D eigenvalue weighted by Gasteiger charge is 2.49. The normalized spacial score (nSPS) is 36.4. The molecular formula is C15H27N3O2. The second-order valence-corrected chi connectivity index (χ2v) is 6.67. The van der Waals surface area contributed by atoms with E-state index in [1.54, 1.807) is 0 Å². The van der Waals surface area contributed by atoms with Gasteiger partial charge in [0.25, 0.3) is 0 Å². The van der Waals surface area contributed by atoms with Crippen LogP contribution in [0.3, 0.4) is 0 Å². The van der Waals surface area contributed by atoms with Gasteiger partial charge in [-0.05, 0) is 38.6 Å².